The normalized spacial score (nSPS) is 21.9. The van der Waals surface area contributed by atoms with Gasteiger partial charge in [-0.15, -0.1) is 11.3 Å². The lowest BCUT2D eigenvalue weighted by molar-refractivity contribution is -0.121. The number of fused-ring (bicyclic) bond motifs is 1. The first-order valence-electron chi connectivity index (χ1n) is 9.13. The van der Waals surface area contributed by atoms with Crippen LogP contribution in [0.4, 0.5) is 0 Å². The van der Waals surface area contributed by atoms with Crippen LogP contribution in [-0.2, 0) is 24.1 Å². The van der Waals surface area contributed by atoms with E-state index in [2.05, 4.69) is 17.3 Å². The Morgan fingerprint density at radius 2 is 2.22 bits per heavy atom. The number of hydrogen-bond acceptors (Lipinski definition) is 4. The second kappa shape index (κ2) is 8.25. The number of amides is 1. The molecule has 23 heavy (non-hydrogen) atoms. The van der Waals surface area contributed by atoms with E-state index in [0.717, 1.165) is 32.4 Å². The number of nitrogens with one attached hydrogen (secondary N) is 1. The van der Waals surface area contributed by atoms with Gasteiger partial charge in [0.05, 0.1) is 10.7 Å². The van der Waals surface area contributed by atoms with Crippen LogP contribution in [0.2, 0.25) is 0 Å². The summed E-state index contributed by atoms with van der Waals surface area (Å²) in [5, 5.41) is 4.28. The summed E-state index contributed by atoms with van der Waals surface area (Å²) in [5.74, 6) is 0.907. The number of carbonyl (C=O) groups is 1. The molecule has 1 saturated heterocycles. The first kappa shape index (κ1) is 16.9. The van der Waals surface area contributed by atoms with Gasteiger partial charge in [0.15, 0.2) is 0 Å². The van der Waals surface area contributed by atoms with Crippen LogP contribution in [0.1, 0.15) is 54.1 Å². The summed E-state index contributed by atoms with van der Waals surface area (Å²) in [5.41, 5.74) is 1.32. The minimum absolute atomic E-state index is 0.208. The fourth-order valence-corrected chi connectivity index (χ4v) is 4.91. The number of nitrogens with zero attached hydrogens (tertiary/aromatic N) is 2. The lowest BCUT2D eigenvalue weighted by Gasteiger charge is -2.29. The Bertz CT molecular complexity index is 505. The van der Waals surface area contributed by atoms with Gasteiger partial charge >= 0.3 is 0 Å². The maximum absolute atomic E-state index is 12.0. The molecule has 0 saturated carbocycles. The minimum atomic E-state index is 0.208. The van der Waals surface area contributed by atoms with Crippen molar-refractivity contribution < 1.29 is 4.79 Å². The quantitative estimate of drug-likeness (QED) is 0.869. The van der Waals surface area contributed by atoms with Crippen LogP contribution in [0.15, 0.2) is 0 Å². The van der Waals surface area contributed by atoms with E-state index in [-0.39, 0.29) is 5.91 Å². The molecule has 1 N–H and O–H groups in total. The summed E-state index contributed by atoms with van der Waals surface area (Å²) < 4.78 is 0. The van der Waals surface area contributed by atoms with Crippen molar-refractivity contribution in [2.45, 2.75) is 57.8 Å². The second-order valence-corrected chi connectivity index (χ2v) is 8.26. The lowest BCUT2D eigenvalue weighted by atomic mass is 9.93. The van der Waals surface area contributed by atoms with Crippen LogP contribution in [0.5, 0.6) is 0 Å². The largest absolute Gasteiger partial charge is 0.356 e. The van der Waals surface area contributed by atoms with Gasteiger partial charge in [0.1, 0.15) is 0 Å². The summed E-state index contributed by atoms with van der Waals surface area (Å²) in [6.45, 7) is 3.09. The minimum Gasteiger partial charge on any atom is -0.356 e. The van der Waals surface area contributed by atoms with Crippen LogP contribution in [-0.4, -0.2) is 42.5 Å². The third kappa shape index (κ3) is 5.01. The molecule has 1 aliphatic heterocycles. The zero-order valence-corrected chi connectivity index (χ0v) is 15.1. The van der Waals surface area contributed by atoms with E-state index < -0.39 is 0 Å². The zero-order chi connectivity index (χ0) is 16.1. The molecular weight excluding hydrogens is 306 g/mol. The third-order valence-corrected chi connectivity index (χ3v) is 6.27. The lowest BCUT2D eigenvalue weighted by Crippen LogP contribution is -2.33. The van der Waals surface area contributed by atoms with Gasteiger partial charge < -0.3 is 10.2 Å². The number of carbonyl (C=O) groups excluding carboxylic acids is 1. The molecule has 3 rings (SSSR count). The summed E-state index contributed by atoms with van der Waals surface area (Å²) in [4.78, 5) is 20.6. The van der Waals surface area contributed by atoms with E-state index in [0.29, 0.717) is 12.3 Å². The standard InChI is InChI=1S/C18H29N3OS/c1-21-12-4-5-14(13-21)8-9-17(22)19-11-10-18-20-15-6-2-3-7-16(15)23-18/h14H,2-13H2,1H3,(H,19,22)/t14-/m0/s1. The molecule has 128 valence electrons. The Kier molecular flexibility index (Phi) is 6.06. The molecule has 1 amide bonds. The fraction of sp³-hybridized carbons (Fsp3) is 0.778. The summed E-state index contributed by atoms with van der Waals surface area (Å²) in [6, 6.07) is 0. The van der Waals surface area contributed by atoms with Crippen LogP contribution in [0, 0.1) is 5.92 Å². The molecule has 1 aromatic rings. The van der Waals surface area contributed by atoms with Gasteiger partial charge in [-0.2, -0.15) is 0 Å². The smallest absolute Gasteiger partial charge is 0.220 e. The highest BCUT2D eigenvalue weighted by Crippen LogP contribution is 2.26. The molecule has 2 aliphatic rings. The Hall–Kier alpha value is -0.940. The topological polar surface area (TPSA) is 45.2 Å². The van der Waals surface area contributed by atoms with E-state index >= 15 is 0 Å². The number of rotatable bonds is 6. The monoisotopic (exact) mass is 335 g/mol. The van der Waals surface area contributed by atoms with Gasteiger partial charge in [0, 0.05) is 30.8 Å². The highest BCUT2D eigenvalue weighted by atomic mass is 32.1. The molecule has 2 heterocycles. The van der Waals surface area contributed by atoms with Gasteiger partial charge in [0.25, 0.3) is 0 Å². The van der Waals surface area contributed by atoms with Crippen molar-refractivity contribution in [2.75, 3.05) is 26.7 Å². The highest BCUT2D eigenvalue weighted by Gasteiger charge is 2.18. The van der Waals surface area contributed by atoms with Crippen molar-refractivity contribution >= 4 is 17.2 Å². The van der Waals surface area contributed by atoms with E-state index in [1.807, 2.05) is 11.3 Å². The molecule has 1 aliphatic carbocycles. The van der Waals surface area contributed by atoms with Crippen molar-refractivity contribution in [3.63, 3.8) is 0 Å². The maximum atomic E-state index is 12.0. The molecule has 0 radical (unpaired) electrons. The maximum Gasteiger partial charge on any atom is 0.220 e. The van der Waals surface area contributed by atoms with Crippen molar-refractivity contribution in [3.8, 4) is 0 Å². The van der Waals surface area contributed by atoms with Gasteiger partial charge in [-0.1, -0.05) is 0 Å². The predicted molar refractivity (Wildman–Crippen MR) is 94.9 cm³/mol. The number of aryl methyl sites for hydroxylation is 2. The third-order valence-electron chi connectivity index (χ3n) is 5.05. The molecule has 5 heteroatoms. The Morgan fingerprint density at radius 3 is 3.04 bits per heavy atom. The first-order chi connectivity index (χ1) is 11.2. The predicted octanol–water partition coefficient (Wildman–Crippen LogP) is 2.80. The second-order valence-electron chi connectivity index (χ2n) is 7.09. The summed E-state index contributed by atoms with van der Waals surface area (Å²) >= 11 is 1.86. The Balaban J connectivity index is 1.33. The molecule has 0 bridgehead atoms. The number of likely N-dealkylation sites (tertiary alicyclic amines) is 1. The Labute approximate surface area is 143 Å². The average molecular weight is 336 g/mol. The van der Waals surface area contributed by atoms with E-state index in [1.54, 1.807) is 0 Å². The van der Waals surface area contributed by atoms with Crippen LogP contribution >= 0.6 is 11.3 Å². The van der Waals surface area contributed by atoms with Crippen molar-refractivity contribution in [2.24, 2.45) is 5.92 Å². The first-order valence-corrected chi connectivity index (χ1v) is 9.95. The van der Waals surface area contributed by atoms with Crippen molar-refractivity contribution in [1.29, 1.82) is 0 Å². The van der Waals surface area contributed by atoms with Gasteiger partial charge in [-0.3, -0.25) is 4.79 Å². The van der Waals surface area contributed by atoms with E-state index in [1.165, 1.54) is 54.2 Å². The van der Waals surface area contributed by atoms with Crippen molar-refractivity contribution in [3.05, 3.63) is 15.6 Å². The number of thiazole rings is 1. The Morgan fingerprint density at radius 1 is 1.35 bits per heavy atom. The molecule has 0 aromatic carbocycles. The fourth-order valence-electron chi connectivity index (χ4n) is 3.75. The molecule has 0 unspecified atom stereocenters. The molecule has 1 atom stereocenters. The van der Waals surface area contributed by atoms with Crippen LogP contribution in [0.3, 0.4) is 0 Å². The molecular formula is C18H29N3OS. The number of aromatic nitrogens is 1. The molecule has 1 fully saturated rings. The van der Waals surface area contributed by atoms with Gasteiger partial charge in [-0.05, 0) is 64.5 Å². The van der Waals surface area contributed by atoms with Gasteiger partial charge in [-0.25, -0.2) is 4.98 Å². The molecule has 0 spiro atoms. The number of piperidine rings is 1. The average Bonchev–Trinajstić information content (AvgIpc) is 2.96. The van der Waals surface area contributed by atoms with E-state index in [9.17, 15) is 4.79 Å². The van der Waals surface area contributed by atoms with Crippen LogP contribution < -0.4 is 5.32 Å². The number of hydrogen-bond donors (Lipinski definition) is 1. The highest BCUT2D eigenvalue weighted by molar-refractivity contribution is 7.11. The molecule has 4 nitrogen and oxygen atoms in total. The summed E-state index contributed by atoms with van der Waals surface area (Å²) in [7, 11) is 2.18. The summed E-state index contributed by atoms with van der Waals surface area (Å²) in [6.07, 6.45) is 10.1. The zero-order valence-electron chi connectivity index (χ0n) is 14.3. The van der Waals surface area contributed by atoms with Crippen molar-refractivity contribution in [1.82, 2.24) is 15.2 Å². The SMILES string of the molecule is CN1CCC[C@@H](CCC(=O)NCCc2nc3c(s2)CCCC3)C1. The van der Waals surface area contributed by atoms with E-state index in [4.69, 9.17) is 4.98 Å². The van der Waals surface area contributed by atoms with Crippen LogP contribution in [0.25, 0.3) is 0 Å². The molecule has 1 aromatic heterocycles. The van der Waals surface area contributed by atoms with Gasteiger partial charge in [0.2, 0.25) is 5.91 Å².